The Balaban J connectivity index is 3.19. The average Bonchev–Trinajstić information content (AvgIpc) is 2.39. The molecule has 1 rings (SSSR count). The third-order valence-electron chi connectivity index (χ3n) is 3.72. The summed E-state index contributed by atoms with van der Waals surface area (Å²) < 4.78 is 28.6. The summed E-state index contributed by atoms with van der Waals surface area (Å²) in [6.45, 7) is 8.07. The second-order valence-corrected chi connectivity index (χ2v) is 7.74. The zero-order chi connectivity index (χ0) is 15.5. The van der Waals surface area contributed by atoms with Crippen LogP contribution >= 0.6 is 15.9 Å². The summed E-state index contributed by atoms with van der Waals surface area (Å²) in [5, 5.41) is 0. The molecule has 3 N–H and O–H groups in total. The van der Waals surface area contributed by atoms with Gasteiger partial charge in [-0.15, -0.1) is 0 Å². The van der Waals surface area contributed by atoms with Crippen molar-refractivity contribution in [3.63, 3.8) is 0 Å². The number of hydrogen-bond donors (Lipinski definition) is 2. The van der Waals surface area contributed by atoms with Gasteiger partial charge in [0.1, 0.15) is 0 Å². The van der Waals surface area contributed by atoms with E-state index in [2.05, 4.69) is 20.7 Å². The van der Waals surface area contributed by atoms with Crippen molar-refractivity contribution in [2.24, 2.45) is 11.7 Å². The minimum Gasteiger partial charge on any atom is -0.326 e. The summed E-state index contributed by atoms with van der Waals surface area (Å²) in [5.41, 5.74) is 7.11. The van der Waals surface area contributed by atoms with Crippen LogP contribution in [0.5, 0.6) is 0 Å². The van der Waals surface area contributed by atoms with Crippen molar-refractivity contribution >= 4 is 26.0 Å². The lowest BCUT2D eigenvalue weighted by atomic mass is 10.0. The first-order chi connectivity index (χ1) is 9.22. The van der Waals surface area contributed by atoms with Gasteiger partial charge in [0.25, 0.3) is 0 Å². The molecule has 0 radical (unpaired) electrons. The smallest absolute Gasteiger partial charge is 0.241 e. The predicted octanol–water partition coefficient (Wildman–Crippen LogP) is 2.93. The Morgan fingerprint density at radius 2 is 1.95 bits per heavy atom. The van der Waals surface area contributed by atoms with Gasteiger partial charge in [-0.05, 0) is 43.0 Å². The molecular formula is C14H23BrN2O2S. The number of benzene rings is 1. The van der Waals surface area contributed by atoms with Crippen LogP contribution in [0.1, 0.15) is 38.3 Å². The van der Waals surface area contributed by atoms with Gasteiger partial charge >= 0.3 is 0 Å². The van der Waals surface area contributed by atoms with Crippen LogP contribution in [0.25, 0.3) is 0 Å². The van der Waals surface area contributed by atoms with Crippen molar-refractivity contribution < 1.29 is 8.42 Å². The molecule has 4 nitrogen and oxygen atoms in total. The van der Waals surface area contributed by atoms with Crippen molar-refractivity contribution in [3.05, 3.63) is 27.7 Å². The Hall–Kier alpha value is -0.430. The normalized spacial score (nSPS) is 15.1. The van der Waals surface area contributed by atoms with Gasteiger partial charge in [-0.1, -0.05) is 36.2 Å². The fraction of sp³-hybridized carbons (Fsp3) is 0.571. The highest BCUT2D eigenvalue weighted by atomic mass is 79.9. The molecule has 0 amide bonds. The second-order valence-electron chi connectivity index (χ2n) is 5.20. The maximum absolute atomic E-state index is 12.5. The Morgan fingerprint density at radius 1 is 1.35 bits per heavy atom. The molecular weight excluding hydrogens is 340 g/mol. The van der Waals surface area contributed by atoms with Gasteiger partial charge in [0.05, 0.1) is 4.90 Å². The highest BCUT2D eigenvalue weighted by Crippen LogP contribution is 2.26. The zero-order valence-corrected chi connectivity index (χ0v) is 14.8. The minimum absolute atomic E-state index is 0.107. The number of hydrogen-bond acceptors (Lipinski definition) is 3. The monoisotopic (exact) mass is 362 g/mol. The van der Waals surface area contributed by atoms with Crippen molar-refractivity contribution in [1.29, 1.82) is 0 Å². The van der Waals surface area contributed by atoms with Crippen LogP contribution in [0.3, 0.4) is 0 Å². The number of halogens is 1. The molecule has 0 spiro atoms. The number of nitrogens with one attached hydrogen (secondary N) is 1. The summed E-state index contributed by atoms with van der Waals surface area (Å²) in [4.78, 5) is 0.294. The first-order valence-corrected chi connectivity index (χ1v) is 9.02. The number of nitrogens with two attached hydrogens (primary N) is 1. The van der Waals surface area contributed by atoms with E-state index in [4.69, 9.17) is 5.73 Å². The molecule has 0 aromatic heterocycles. The lowest BCUT2D eigenvalue weighted by Crippen LogP contribution is -2.37. The molecule has 0 heterocycles. The topological polar surface area (TPSA) is 72.2 Å². The molecule has 1 aromatic rings. The molecule has 114 valence electrons. The van der Waals surface area contributed by atoms with Gasteiger partial charge in [-0.25, -0.2) is 13.1 Å². The van der Waals surface area contributed by atoms with Gasteiger partial charge < -0.3 is 5.73 Å². The minimum atomic E-state index is -3.54. The summed E-state index contributed by atoms with van der Waals surface area (Å²) in [7, 11) is -3.54. The van der Waals surface area contributed by atoms with Gasteiger partial charge in [0.2, 0.25) is 10.0 Å². The molecule has 0 aliphatic rings. The molecule has 0 saturated carbocycles. The summed E-state index contributed by atoms with van der Waals surface area (Å²) in [6, 6.07) is 3.39. The standard InChI is InChI=1S/C14H23BrN2O2S/c1-5-9(2)11(4)17-20(18,19)14-7-12(8-16)6-13(15)10(14)3/h6-7,9,11,17H,5,8,16H2,1-4H3. The van der Waals surface area contributed by atoms with Crippen molar-refractivity contribution in [2.75, 3.05) is 0 Å². The van der Waals surface area contributed by atoms with E-state index >= 15 is 0 Å². The van der Waals surface area contributed by atoms with E-state index < -0.39 is 10.0 Å². The van der Waals surface area contributed by atoms with Crippen LogP contribution < -0.4 is 10.5 Å². The SMILES string of the molecule is CCC(C)C(C)NS(=O)(=O)c1cc(CN)cc(Br)c1C. The largest absolute Gasteiger partial charge is 0.326 e. The fourth-order valence-electron chi connectivity index (χ4n) is 1.88. The van der Waals surface area contributed by atoms with Gasteiger partial charge in [0, 0.05) is 17.1 Å². The van der Waals surface area contributed by atoms with Crippen LogP contribution in [0, 0.1) is 12.8 Å². The van der Waals surface area contributed by atoms with Gasteiger partial charge in [-0.2, -0.15) is 0 Å². The molecule has 6 heteroatoms. The quantitative estimate of drug-likeness (QED) is 0.816. The van der Waals surface area contributed by atoms with Crippen molar-refractivity contribution in [1.82, 2.24) is 4.72 Å². The zero-order valence-electron chi connectivity index (χ0n) is 12.4. The third-order valence-corrected chi connectivity index (χ3v) is 6.23. The maximum Gasteiger partial charge on any atom is 0.241 e. The first kappa shape index (κ1) is 17.6. The summed E-state index contributed by atoms with van der Waals surface area (Å²) >= 11 is 3.39. The molecule has 20 heavy (non-hydrogen) atoms. The fourth-order valence-corrected chi connectivity index (χ4v) is 4.19. The van der Waals surface area contributed by atoms with Crippen LogP contribution in [0.4, 0.5) is 0 Å². The second kappa shape index (κ2) is 7.02. The van der Waals surface area contributed by atoms with E-state index in [9.17, 15) is 8.42 Å². The van der Waals surface area contributed by atoms with E-state index in [0.29, 0.717) is 17.0 Å². The van der Waals surface area contributed by atoms with E-state index in [-0.39, 0.29) is 12.0 Å². The first-order valence-electron chi connectivity index (χ1n) is 6.74. The highest BCUT2D eigenvalue weighted by molar-refractivity contribution is 9.10. The number of sulfonamides is 1. The molecule has 0 aliphatic carbocycles. The van der Waals surface area contributed by atoms with Crippen LogP contribution in [-0.4, -0.2) is 14.5 Å². The highest BCUT2D eigenvalue weighted by Gasteiger charge is 2.23. The van der Waals surface area contributed by atoms with Crippen molar-refractivity contribution in [2.45, 2.75) is 51.6 Å². The van der Waals surface area contributed by atoms with Gasteiger partial charge in [0.15, 0.2) is 0 Å². The molecule has 1 aromatic carbocycles. The summed E-state index contributed by atoms with van der Waals surface area (Å²) in [6.07, 6.45) is 0.926. The molecule has 2 atom stereocenters. The molecule has 0 fully saturated rings. The third kappa shape index (κ3) is 4.04. The average molecular weight is 363 g/mol. The van der Waals surface area contributed by atoms with Gasteiger partial charge in [-0.3, -0.25) is 0 Å². The van der Waals surface area contributed by atoms with E-state index in [0.717, 1.165) is 16.5 Å². The molecule has 0 aliphatic heterocycles. The lowest BCUT2D eigenvalue weighted by Gasteiger charge is -2.21. The van der Waals surface area contributed by atoms with Crippen LogP contribution in [-0.2, 0) is 16.6 Å². The van der Waals surface area contributed by atoms with E-state index in [1.807, 2.05) is 26.8 Å². The Labute approximate surface area is 130 Å². The molecule has 0 bridgehead atoms. The number of rotatable bonds is 6. The Bertz CT molecular complexity index is 573. The molecule has 0 saturated heterocycles. The summed E-state index contributed by atoms with van der Waals surface area (Å²) in [5.74, 6) is 0.284. The lowest BCUT2D eigenvalue weighted by molar-refractivity contribution is 0.434. The Morgan fingerprint density at radius 3 is 2.45 bits per heavy atom. The van der Waals surface area contributed by atoms with E-state index in [1.54, 1.807) is 13.0 Å². The van der Waals surface area contributed by atoms with Crippen LogP contribution in [0.2, 0.25) is 0 Å². The maximum atomic E-state index is 12.5. The van der Waals surface area contributed by atoms with E-state index in [1.165, 1.54) is 0 Å². The Kier molecular flexibility index (Phi) is 6.19. The van der Waals surface area contributed by atoms with Crippen molar-refractivity contribution in [3.8, 4) is 0 Å². The predicted molar refractivity (Wildman–Crippen MR) is 86.0 cm³/mol. The molecule has 2 unspecified atom stereocenters. The van der Waals surface area contributed by atoms with Crippen LogP contribution in [0.15, 0.2) is 21.5 Å².